The summed E-state index contributed by atoms with van der Waals surface area (Å²) in [5.74, 6) is 0. The fourth-order valence-electron chi connectivity index (χ4n) is 2.10. The highest BCUT2D eigenvalue weighted by Crippen LogP contribution is 2.33. The average molecular weight is 249 g/mol. The Labute approximate surface area is 104 Å². The summed E-state index contributed by atoms with van der Waals surface area (Å²) >= 11 is 1.67. The standard InChI is InChI=1S/C12H15N3OS/c1-8-14-10-7-11(9(13)6-12(10)17-8)15-4-2-3-5-16-15/h6-7H,2-5,13H2,1H3. The SMILES string of the molecule is Cc1nc2cc(N3CCCCO3)c(N)cc2s1. The van der Waals surface area contributed by atoms with Gasteiger partial charge in [0.05, 0.1) is 33.2 Å². The number of benzene rings is 1. The van der Waals surface area contributed by atoms with E-state index in [2.05, 4.69) is 4.98 Å². The number of nitrogens with zero attached hydrogens (tertiary/aromatic N) is 2. The summed E-state index contributed by atoms with van der Waals surface area (Å²) in [5, 5.41) is 2.96. The van der Waals surface area contributed by atoms with E-state index in [4.69, 9.17) is 10.6 Å². The highest BCUT2D eigenvalue weighted by molar-refractivity contribution is 7.18. The molecule has 4 nitrogen and oxygen atoms in total. The molecule has 0 amide bonds. The second-order valence-electron chi connectivity index (χ2n) is 4.25. The zero-order chi connectivity index (χ0) is 11.8. The van der Waals surface area contributed by atoms with E-state index in [1.54, 1.807) is 11.3 Å². The molecule has 0 saturated carbocycles. The molecule has 1 aromatic heterocycles. The number of anilines is 2. The van der Waals surface area contributed by atoms with Crippen LogP contribution in [0.1, 0.15) is 17.8 Å². The van der Waals surface area contributed by atoms with Gasteiger partial charge in [0.2, 0.25) is 0 Å². The lowest BCUT2D eigenvalue weighted by molar-refractivity contribution is 0.0782. The molecular weight excluding hydrogens is 234 g/mol. The zero-order valence-corrected chi connectivity index (χ0v) is 10.6. The highest BCUT2D eigenvalue weighted by Gasteiger charge is 2.16. The van der Waals surface area contributed by atoms with Crippen LogP contribution >= 0.6 is 11.3 Å². The van der Waals surface area contributed by atoms with Crippen LogP contribution in [0.5, 0.6) is 0 Å². The number of hydrogen-bond acceptors (Lipinski definition) is 5. The van der Waals surface area contributed by atoms with E-state index in [1.165, 1.54) is 0 Å². The van der Waals surface area contributed by atoms with Crippen molar-refractivity contribution in [3.8, 4) is 0 Å². The second kappa shape index (κ2) is 4.16. The Morgan fingerprint density at radius 2 is 2.29 bits per heavy atom. The van der Waals surface area contributed by atoms with Crippen molar-refractivity contribution < 1.29 is 4.84 Å². The van der Waals surface area contributed by atoms with Crippen LogP contribution in [0.25, 0.3) is 10.2 Å². The van der Waals surface area contributed by atoms with Gasteiger partial charge in [-0.1, -0.05) is 0 Å². The van der Waals surface area contributed by atoms with Crippen LogP contribution in [0.3, 0.4) is 0 Å². The molecule has 0 atom stereocenters. The molecule has 1 fully saturated rings. The largest absolute Gasteiger partial charge is 0.397 e. The lowest BCUT2D eigenvalue weighted by atomic mass is 10.2. The maximum Gasteiger partial charge on any atom is 0.0907 e. The Bertz CT molecular complexity index is 546. The smallest absolute Gasteiger partial charge is 0.0907 e. The Morgan fingerprint density at radius 3 is 3.06 bits per heavy atom. The lowest BCUT2D eigenvalue weighted by Crippen LogP contribution is -2.30. The van der Waals surface area contributed by atoms with Crippen molar-refractivity contribution in [2.45, 2.75) is 19.8 Å². The van der Waals surface area contributed by atoms with Gasteiger partial charge in [-0.05, 0) is 31.9 Å². The Morgan fingerprint density at radius 1 is 1.41 bits per heavy atom. The first-order valence-electron chi connectivity index (χ1n) is 5.81. The van der Waals surface area contributed by atoms with Crippen molar-refractivity contribution in [2.24, 2.45) is 0 Å². The molecule has 0 spiro atoms. The fraction of sp³-hybridized carbons (Fsp3) is 0.417. The monoisotopic (exact) mass is 249 g/mol. The molecule has 90 valence electrons. The first kappa shape index (κ1) is 10.8. The fourth-order valence-corrected chi connectivity index (χ4v) is 2.95. The summed E-state index contributed by atoms with van der Waals surface area (Å²) in [5.41, 5.74) is 8.80. The van der Waals surface area contributed by atoms with E-state index in [1.807, 2.05) is 24.1 Å². The van der Waals surface area contributed by atoms with Gasteiger partial charge in [-0.3, -0.25) is 9.90 Å². The van der Waals surface area contributed by atoms with Crippen LogP contribution in [0, 0.1) is 6.92 Å². The molecule has 2 N–H and O–H groups in total. The number of aromatic nitrogens is 1. The summed E-state index contributed by atoms with van der Waals surface area (Å²) in [4.78, 5) is 10.1. The zero-order valence-electron chi connectivity index (χ0n) is 9.77. The van der Waals surface area contributed by atoms with E-state index >= 15 is 0 Å². The maximum atomic E-state index is 6.08. The molecule has 2 heterocycles. The third kappa shape index (κ3) is 1.96. The van der Waals surface area contributed by atoms with E-state index in [0.29, 0.717) is 0 Å². The normalized spacial score (nSPS) is 16.6. The minimum Gasteiger partial charge on any atom is -0.397 e. The molecule has 2 aromatic rings. The third-order valence-corrected chi connectivity index (χ3v) is 3.85. The molecule has 1 aromatic carbocycles. The van der Waals surface area contributed by atoms with Gasteiger partial charge in [0.1, 0.15) is 0 Å². The average Bonchev–Trinajstić information content (AvgIpc) is 2.68. The summed E-state index contributed by atoms with van der Waals surface area (Å²) < 4.78 is 1.14. The van der Waals surface area contributed by atoms with Crippen LogP contribution in [-0.2, 0) is 4.84 Å². The molecule has 1 aliphatic rings. The van der Waals surface area contributed by atoms with Crippen LogP contribution in [-0.4, -0.2) is 18.1 Å². The second-order valence-corrected chi connectivity index (χ2v) is 5.49. The van der Waals surface area contributed by atoms with Gasteiger partial charge in [0, 0.05) is 6.54 Å². The van der Waals surface area contributed by atoms with E-state index in [9.17, 15) is 0 Å². The van der Waals surface area contributed by atoms with Crippen molar-refractivity contribution in [1.82, 2.24) is 4.98 Å². The van der Waals surface area contributed by atoms with Crippen LogP contribution in [0.2, 0.25) is 0 Å². The number of hydroxylamine groups is 1. The number of rotatable bonds is 1. The van der Waals surface area contributed by atoms with E-state index in [-0.39, 0.29) is 0 Å². The van der Waals surface area contributed by atoms with Gasteiger partial charge >= 0.3 is 0 Å². The number of thiazole rings is 1. The summed E-state index contributed by atoms with van der Waals surface area (Å²) in [6.07, 6.45) is 2.27. The maximum absolute atomic E-state index is 6.08. The highest BCUT2D eigenvalue weighted by atomic mass is 32.1. The Kier molecular flexibility index (Phi) is 2.64. The molecule has 0 unspecified atom stereocenters. The number of aryl methyl sites for hydroxylation is 1. The number of nitrogen functional groups attached to an aromatic ring is 1. The molecule has 5 heteroatoms. The summed E-state index contributed by atoms with van der Waals surface area (Å²) in [7, 11) is 0. The number of fused-ring (bicyclic) bond motifs is 1. The quantitative estimate of drug-likeness (QED) is 0.789. The Hall–Kier alpha value is -1.33. The van der Waals surface area contributed by atoms with Crippen molar-refractivity contribution >= 4 is 32.9 Å². The lowest BCUT2D eigenvalue weighted by Gasteiger charge is -2.28. The van der Waals surface area contributed by atoms with Gasteiger partial charge in [-0.2, -0.15) is 0 Å². The predicted octanol–water partition coefficient (Wildman–Crippen LogP) is 2.72. The molecule has 0 aliphatic carbocycles. The Balaban J connectivity index is 2.05. The minimum absolute atomic E-state index is 0.767. The summed E-state index contributed by atoms with van der Waals surface area (Å²) in [6.45, 7) is 3.68. The van der Waals surface area contributed by atoms with Gasteiger partial charge < -0.3 is 5.73 Å². The molecule has 17 heavy (non-hydrogen) atoms. The number of nitrogens with two attached hydrogens (primary N) is 1. The topological polar surface area (TPSA) is 51.4 Å². The third-order valence-electron chi connectivity index (χ3n) is 2.92. The van der Waals surface area contributed by atoms with Gasteiger partial charge in [-0.25, -0.2) is 4.98 Å². The molecule has 1 aliphatic heterocycles. The van der Waals surface area contributed by atoms with Crippen LogP contribution in [0.15, 0.2) is 12.1 Å². The van der Waals surface area contributed by atoms with E-state index in [0.717, 1.165) is 52.6 Å². The molecule has 0 bridgehead atoms. The van der Waals surface area contributed by atoms with Crippen molar-refractivity contribution in [3.05, 3.63) is 17.1 Å². The molecule has 3 rings (SSSR count). The predicted molar refractivity (Wildman–Crippen MR) is 71.3 cm³/mol. The van der Waals surface area contributed by atoms with Crippen molar-refractivity contribution in [2.75, 3.05) is 23.9 Å². The minimum atomic E-state index is 0.767. The molecule has 1 saturated heterocycles. The van der Waals surface area contributed by atoms with E-state index < -0.39 is 0 Å². The van der Waals surface area contributed by atoms with Gasteiger partial charge in [0.15, 0.2) is 0 Å². The number of hydrogen-bond donors (Lipinski definition) is 1. The summed E-state index contributed by atoms with van der Waals surface area (Å²) in [6, 6.07) is 4.02. The van der Waals surface area contributed by atoms with Crippen molar-refractivity contribution in [1.29, 1.82) is 0 Å². The molecule has 0 radical (unpaired) electrons. The van der Waals surface area contributed by atoms with Crippen LogP contribution in [0.4, 0.5) is 11.4 Å². The van der Waals surface area contributed by atoms with Crippen LogP contribution < -0.4 is 10.8 Å². The van der Waals surface area contributed by atoms with Gasteiger partial charge in [-0.15, -0.1) is 11.3 Å². The van der Waals surface area contributed by atoms with Gasteiger partial charge in [0.25, 0.3) is 0 Å². The molecular formula is C12H15N3OS. The first-order chi connectivity index (χ1) is 8.24. The van der Waals surface area contributed by atoms with Crippen molar-refractivity contribution in [3.63, 3.8) is 0 Å². The first-order valence-corrected chi connectivity index (χ1v) is 6.63.